The van der Waals surface area contributed by atoms with Crippen molar-refractivity contribution in [3.8, 4) is 6.01 Å². The lowest BCUT2D eigenvalue weighted by Crippen LogP contribution is -2.14. The first-order chi connectivity index (χ1) is 8.92. The van der Waals surface area contributed by atoms with Gasteiger partial charge in [0.15, 0.2) is 0 Å². The van der Waals surface area contributed by atoms with Gasteiger partial charge in [-0.05, 0) is 24.6 Å². The Hall–Kier alpha value is -2.16. The molecule has 0 aliphatic carbocycles. The Morgan fingerprint density at radius 3 is 2.74 bits per heavy atom. The summed E-state index contributed by atoms with van der Waals surface area (Å²) in [7, 11) is -2.58. The molecule has 0 fully saturated rings. The quantitative estimate of drug-likeness (QED) is 0.876. The molecule has 1 aromatic carbocycles. The summed E-state index contributed by atoms with van der Waals surface area (Å²) in [5.74, 6) is -0.712. The van der Waals surface area contributed by atoms with Crippen molar-refractivity contribution < 1.29 is 17.5 Å². The lowest BCUT2D eigenvalue weighted by molar-refractivity contribution is 0.382. The molecular weight excluding hydrogens is 275 g/mol. The molecule has 0 amide bonds. The van der Waals surface area contributed by atoms with Gasteiger partial charge in [0.05, 0.1) is 12.0 Å². The number of aryl methyl sites for hydroxylation is 1. The first kappa shape index (κ1) is 13.3. The van der Waals surface area contributed by atoms with E-state index < -0.39 is 15.8 Å². The van der Waals surface area contributed by atoms with Gasteiger partial charge >= 0.3 is 6.01 Å². The molecule has 9 heteroatoms. The first-order valence-corrected chi connectivity index (χ1v) is 6.66. The van der Waals surface area contributed by atoms with Gasteiger partial charge in [-0.1, -0.05) is 6.07 Å². The maximum Gasteiger partial charge on any atom is 0.336 e. The molecule has 0 saturated carbocycles. The van der Waals surface area contributed by atoms with Gasteiger partial charge in [0, 0.05) is 0 Å². The zero-order valence-corrected chi connectivity index (χ0v) is 11.0. The predicted molar refractivity (Wildman–Crippen MR) is 64.9 cm³/mol. The minimum atomic E-state index is -3.93. The number of halogens is 1. The molecule has 19 heavy (non-hydrogen) atoms. The summed E-state index contributed by atoms with van der Waals surface area (Å²) in [5, 5.41) is 5.92. The molecule has 0 radical (unpaired) electrons. The van der Waals surface area contributed by atoms with Gasteiger partial charge < -0.3 is 4.74 Å². The average molecular weight is 286 g/mol. The molecule has 0 spiro atoms. The second-order valence-electron chi connectivity index (χ2n) is 3.69. The minimum absolute atomic E-state index is 0.00668. The van der Waals surface area contributed by atoms with Gasteiger partial charge in [-0.2, -0.15) is 4.98 Å². The van der Waals surface area contributed by atoms with E-state index in [-0.39, 0.29) is 16.9 Å². The molecule has 7 nitrogen and oxygen atoms in total. The second-order valence-corrected chi connectivity index (χ2v) is 5.37. The van der Waals surface area contributed by atoms with Crippen LogP contribution in [0.1, 0.15) is 5.56 Å². The van der Waals surface area contributed by atoms with Crippen molar-refractivity contribution in [3.05, 3.63) is 29.6 Å². The third-order valence-electron chi connectivity index (χ3n) is 2.33. The average Bonchev–Trinajstić information content (AvgIpc) is 2.79. The van der Waals surface area contributed by atoms with E-state index in [1.165, 1.54) is 19.2 Å². The third kappa shape index (κ3) is 2.81. The van der Waals surface area contributed by atoms with Crippen molar-refractivity contribution in [1.29, 1.82) is 0 Å². The van der Waals surface area contributed by atoms with Crippen molar-refractivity contribution in [2.75, 3.05) is 11.8 Å². The number of nitrogens with one attached hydrogen (secondary N) is 2. The Labute approximate surface area is 108 Å². The molecule has 2 aromatic rings. The van der Waals surface area contributed by atoms with Crippen LogP contribution < -0.4 is 9.46 Å². The fourth-order valence-electron chi connectivity index (χ4n) is 1.31. The zero-order chi connectivity index (χ0) is 14.0. The third-order valence-corrected chi connectivity index (χ3v) is 3.67. The summed E-state index contributed by atoms with van der Waals surface area (Å²) in [6.45, 7) is 1.54. The first-order valence-electron chi connectivity index (χ1n) is 5.18. The lowest BCUT2D eigenvalue weighted by Gasteiger charge is -2.05. The van der Waals surface area contributed by atoms with E-state index in [1.54, 1.807) is 6.92 Å². The Bertz CT molecular complexity index is 699. The van der Waals surface area contributed by atoms with Gasteiger partial charge in [-0.3, -0.25) is 0 Å². The maximum absolute atomic E-state index is 13.4. The number of ether oxygens (including phenoxy) is 1. The van der Waals surface area contributed by atoms with Crippen LogP contribution in [-0.4, -0.2) is 30.7 Å². The fourth-order valence-corrected chi connectivity index (χ4v) is 2.28. The molecule has 102 valence electrons. The normalized spacial score (nSPS) is 11.3. The summed E-state index contributed by atoms with van der Waals surface area (Å²) in [5.41, 5.74) is 0.361. The van der Waals surface area contributed by atoms with Crippen molar-refractivity contribution >= 4 is 16.0 Å². The Morgan fingerprint density at radius 2 is 2.16 bits per heavy atom. The summed E-state index contributed by atoms with van der Waals surface area (Å²) in [4.78, 5) is 3.50. The van der Waals surface area contributed by atoms with Gasteiger partial charge in [-0.25, -0.2) is 22.6 Å². The number of sulfonamides is 1. The number of benzene rings is 1. The van der Waals surface area contributed by atoms with Crippen molar-refractivity contribution in [1.82, 2.24) is 15.2 Å². The topological polar surface area (TPSA) is 97.0 Å². The van der Waals surface area contributed by atoms with E-state index in [4.69, 9.17) is 4.74 Å². The number of rotatable bonds is 4. The molecule has 0 unspecified atom stereocenters. The van der Waals surface area contributed by atoms with Crippen LogP contribution in [0.4, 0.5) is 10.3 Å². The fraction of sp³-hybridized carbons (Fsp3) is 0.200. The molecule has 2 N–H and O–H groups in total. The van der Waals surface area contributed by atoms with Crippen LogP contribution in [0.5, 0.6) is 6.01 Å². The van der Waals surface area contributed by atoms with Crippen LogP contribution in [0.3, 0.4) is 0 Å². The number of aromatic amines is 1. The molecule has 1 heterocycles. The largest absolute Gasteiger partial charge is 0.466 e. The molecule has 0 atom stereocenters. The van der Waals surface area contributed by atoms with Crippen molar-refractivity contribution in [3.63, 3.8) is 0 Å². The Balaban J connectivity index is 2.29. The summed E-state index contributed by atoms with van der Waals surface area (Å²) in [6.07, 6.45) is 0. The zero-order valence-electron chi connectivity index (χ0n) is 10.1. The highest BCUT2D eigenvalue weighted by Crippen LogP contribution is 2.17. The highest BCUT2D eigenvalue weighted by atomic mass is 32.2. The Morgan fingerprint density at radius 1 is 1.42 bits per heavy atom. The highest BCUT2D eigenvalue weighted by Gasteiger charge is 2.17. The maximum atomic E-state index is 13.4. The van der Waals surface area contributed by atoms with E-state index in [9.17, 15) is 12.8 Å². The van der Waals surface area contributed by atoms with Crippen LogP contribution in [0, 0.1) is 12.7 Å². The lowest BCUT2D eigenvalue weighted by atomic mass is 10.2. The smallest absolute Gasteiger partial charge is 0.336 e. The van der Waals surface area contributed by atoms with E-state index >= 15 is 0 Å². The second kappa shape index (κ2) is 4.84. The molecule has 0 aliphatic rings. The van der Waals surface area contributed by atoms with Gasteiger partial charge in [0.1, 0.15) is 5.82 Å². The Kier molecular flexibility index (Phi) is 3.38. The summed E-state index contributed by atoms with van der Waals surface area (Å²) in [6, 6.07) is 3.61. The van der Waals surface area contributed by atoms with Gasteiger partial charge in [0.2, 0.25) is 5.95 Å². The van der Waals surface area contributed by atoms with Gasteiger partial charge in [0.25, 0.3) is 10.0 Å². The molecular formula is C10H11FN4O3S. The van der Waals surface area contributed by atoms with Gasteiger partial charge in [-0.15, -0.1) is 5.10 Å². The number of methoxy groups -OCH3 is 1. The molecule has 0 aliphatic heterocycles. The van der Waals surface area contributed by atoms with Crippen LogP contribution in [-0.2, 0) is 10.0 Å². The van der Waals surface area contributed by atoms with E-state index in [2.05, 4.69) is 19.9 Å². The van der Waals surface area contributed by atoms with E-state index in [0.29, 0.717) is 5.56 Å². The van der Waals surface area contributed by atoms with E-state index in [0.717, 1.165) is 6.07 Å². The van der Waals surface area contributed by atoms with Crippen LogP contribution >= 0.6 is 0 Å². The SMILES string of the molecule is COc1n[nH]c(NS(=O)(=O)c2ccc(C)c(F)c2)n1. The molecule has 1 aromatic heterocycles. The number of nitrogens with zero attached hydrogens (tertiary/aromatic N) is 2. The standard InChI is InChI=1S/C10H11FN4O3S/c1-6-3-4-7(5-8(6)11)19(16,17)15-9-12-10(18-2)14-13-9/h3-5H,1-2H3,(H2,12,13,14,15). The summed E-state index contributed by atoms with van der Waals surface area (Å²) < 4.78 is 44.1. The van der Waals surface area contributed by atoms with Crippen molar-refractivity contribution in [2.24, 2.45) is 0 Å². The van der Waals surface area contributed by atoms with Crippen LogP contribution in [0.2, 0.25) is 0 Å². The summed E-state index contributed by atoms with van der Waals surface area (Å²) >= 11 is 0. The number of hydrogen-bond donors (Lipinski definition) is 2. The van der Waals surface area contributed by atoms with Crippen molar-refractivity contribution in [2.45, 2.75) is 11.8 Å². The number of aromatic nitrogens is 3. The van der Waals surface area contributed by atoms with E-state index in [1.807, 2.05) is 0 Å². The molecule has 0 saturated heterocycles. The molecule has 2 rings (SSSR count). The molecule has 0 bridgehead atoms. The number of hydrogen-bond acceptors (Lipinski definition) is 5. The van der Waals surface area contributed by atoms with Crippen LogP contribution in [0.15, 0.2) is 23.1 Å². The number of anilines is 1. The van der Waals surface area contributed by atoms with Crippen LogP contribution in [0.25, 0.3) is 0 Å². The highest BCUT2D eigenvalue weighted by molar-refractivity contribution is 7.92. The minimum Gasteiger partial charge on any atom is -0.466 e. The number of H-pyrrole nitrogens is 1. The predicted octanol–water partition coefficient (Wildman–Crippen LogP) is 1.06. The monoisotopic (exact) mass is 286 g/mol.